The summed E-state index contributed by atoms with van der Waals surface area (Å²) in [6.07, 6.45) is 0.348. The van der Waals surface area contributed by atoms with E-state index in [-0.39, 0.29) is 30.6 Å². The Kier molecular flexibility index (Phi) is 6.55. The van der Waals surface area contributed by atoms with Gasteiger partial charge in [0, 0.05) is 28.4 Å². The number of ether oxygens (including phenoxy) is 1. The molecule has 0 aromatic heterocycles. The lowest BCUT2D eigenvalue weighted by Crippen LogP contribution is -2.27. The van der Waals surface area contributed by atoms with E-state index < -0.39 is 0 Å². The maximum atomic E-state index is 12.1. The quantitative estimate of drug-likeness (QED) is 0.718. The standard InChI is InChI=1S/C19H20BrNO3/c1-13(16-5-3-4-6-18(16)24-2)21-19(23)12-11-17(22)14-7-9-15(20)10-8-14/h3-10,13H,11-12H2,1-2H3,(H,21,23). The van der Waals surface area contributed by atoms with Crippen molar-refractivity contribution in [1.29, 1.82) is 0 Å². The van der Waals surface area contributed by atoms with Crippen LogP contribution in [0.3, 0.4) is 0 Å². The maximum Gasteiger partial charge on any atom is 0.220 e. The Labute approximate surface area is 150 Å². The third-order valence-corrected chi connectivity index (χ3v) is 4.26. The summed E-state index contributed by atoms with van der Waals surface area (Å²) in [4.78, 5) is 24.2. The summed E-state index contributed by atoms with van der Waals surface area (Å²) in [5, 5.41) is 2.91. The van der Waals surface area contributed by atoms with Crippen molar-refractivity contribution in [2.45, 2.75) is 25.8 Å². The summed E-state index contributed by atoms with van der Waals surface area (Å²) in [7, 11) is 1.60. The highest BCUT2D eigenvalue weighted by Gasteiger charge is 2.15. The van der Waals surface area contributed by atoms with E-state index in [1.165, 1.54) is 0 Å². The number of hydrogen-bond donors (Lipinski definition) is 1. The lowest BCUT2D eigenvalue weighted by Gasteiger charge is -2.17. The maximum absolute atomic E-state index is 12.1. The molecule has 5 heteroatoms. The Bertz CT molecular complexity index is 713. The molecule has 4 nitrogen and oxygen atoms in total. The number of amides is 1. The van der Waals surface area contributed by atoms with Gasteiger partial charge in [-0.25, -0.2) is 0 Å². The van der Waals surface area contributed by atoms with Crippen LogP contribution in [0.1, 0.15) is 41.7 Å². The van der Waals surface area contributed by atoms with Gasteiger partial charge >= 0.3 is 0 Å². The molecule has 1 amide bonds. The first-order valence-corrected chi connectivity index (χ1v) is 8.51. The van der Waals surface area contributed by atoms with Gasteiger partial charge in [-0.1, -0.05) is 46.3 Å². The largest absolute Gasteiger partial charge is 0.496 e. The van der Waals surface area contributed by atoms with Gasteiger partial charge in [-0.15, -0.1) is 0 Å². The first-order valence-electron chi connectivity index (χ1n) is 7.72. The highest BCUT2D eigenvalue weighted by Crippen LogP contribution is 2.24. The zero-order valence-corrected chi connectivity index (χ0v) is 15.3. The number of carbonyl (C=O) groups excluding carboxylic acids is 2. The van der Waals surface area contributed by atoms with Gasteiger partial charge in [0.2, 0.25) is 5.91 Å². The van der Waals surface area contributed by atoms with E-state index >= 15 is 0 Å². The van der Waals surface area contributed by atoms with Gasteiger partial charge in [0.15, 0.2) is 5.78 Å². The fraction of sp³-hybridized carbons (Fsp3) is 0.263. The van der Waals surface area contributed by atoms with Gasteiger partial charge in [-0.3, -0.25) is 9.59 Å². The normalized spacial score (nSPS) is 11.6. The molecule has 0 aliphatic rings. The molecule has 0 fully saturated rings. The number of Topliss-reactive ketones (excluding diaryl/α,β-unsaturated/α-hetero) is 1. The molecule has 0 aliphatic carbocycles. The van der Waals surface area contributed by atoms with E-state index in [1.54, 1.807) is 19.2 Å². The number of rotatable bonds is 7. The van der Waals surface area contributed by atoms with Crippen molar-refractivity contribution in [3.05, 3.63) is 64.1 Å². The van der Waals surface area contributed by atoms with Crippen molar-refractivity contribution in [2.75, 3.05) is 7.11 Å². The van der Waals surface area contributed by atoms with Crippen LogP contribution in [0.5, 0.6) is 5.75 Å². The second-order valence-corrected chi connectivity index (χ2v) is 6.38. The molecule has 2 rings (SSSR count). The van der Waals surface area contributed by atoms with Crippen LogP contribution in [0.2, 0.25) is 0 Å². The van der Waals surface area contributed by atoms with E-state index in [2.05, 4.69) is 21.2 Å². The van der Waals surface area contributed by atoms with Crippen molar-refractivity contribution in [3.8, 4) is 5.75 Å². The molecule has 0 aliphatic heterocycles. The van der Waals surface area contributed by atoms with Crippen molar-refractivity contribution < 1.29 is 14.3 Å². The third kappa shape index (κ3) is 4.93. The molecule has 126 valence electrons. The summed E-state index contributed by atoms with van der Waals surface area (Å²) in [6.45, 7) is 1.90. The summed E-state index contributed by atoms with van der Waals surface area (Å²) < 4.78 is 6.22. The van der Waals surface area contributed by atoms with Crippen molar-refractivity contribution in [3.63, 3.8) is 0 Å². The van der Waals surface area contributed by atoms with E-state index in [9.17, 15) is 9.59 Å². The third-order valence-electron chi connectivity index (χ3n) is 3.73. The molecule has 1 atom stereocenters. The van der Waals surface area contributed by atoms with E-state index in [4.69, 9.17) is 4.74 Å². The smallest absolute Gasteiger partial charge is 0.220 e. The predicted molar refractivity (Wildman–Crippen MR) is 97.3 cm³/mol. The number of methoxy groups -OCH3 is 1. The average molecular weight is 390 g/mol. The molecular formula is C19H20BrNO3. The monoisotopic (exact) mass is 389 g/mol. The number of ketones is 1. The molecule has 0 radical (unpaired) electrons. The fourth-order valence-electron chi connectivity index (χ4n) is 2.42. The molecule has 2 aromatic carbocycles. The molecule has 2 aromatic rings. The molecule has 24 heavy (non-hydrogen) atoms. The lowest BCUT2D eigenvalue weighted by atomic mass is 10.1. The van der Waals surface area contributed by atoms with E-state index in [0.29, 0.717) is 5.56 Å². The van der Waals surface area contributed by atoms with Crippen LogP contribution in [0.15, 0.2) is 53.0 Å². The van der Waals surface area contributed by atoms with Crippen LogP contribution in [0.4, 0.5) is 0 Å². The Hall–Kier alpha value is -2.14. The number of nitrogens with one attached hydrogen (secondary N) is 1. The lowest BCUT2D eigenvalue weighted by molar-refractivity contribution is -0.121. The zero-order valence-electron chi connectivity index (χ0n) is 13.7. The summed E-state index contributed by atoms with van der Waals surface area (Å²) in [5.41, 5.74) is 1.52. The minimum Gasteiger partial charge on any atom is -0.496 e. The highest BCUT2D eigenvalue weighted by atomic mass is 79.9. The van der Waals surface area contributed by atoms with Gasteiger partial charge in [0.05, 0.1) is 13.2 Å². The van der Waals surface area contributed by atoms with Crippen molar-refractivity contribution in [1.82, 2.24) is 5.32 Å². The van der Waals surface area contributed by atoms with Crippen LogP contribution in [-0.4, -0.2) is 18.8 Å². The van der Waals surface area contributed by atoms with Crippen molar-refractivity contribution >= 4 is 27.6 Å². The Morgan fingerprint density at radius 1 is 1.08 bits per heavy atom. The minimum atomic E-state index is -0.184. The molecule has 1 N–H and O–H groups in total. The highest BCUT2D eigenvalue weighted by molar-refractivity contribution is 9.10. The number of carbonyl (C=O) groups is 2. The van der Waals surface area contributed by atoms with Gasteiger partial charge < -0.3 is 10.1 Å². The second kappa shape index (κ2) is 8.64. The number of halogens is 1. The van der Waals surface area contributed by atoms with Gasteiger partial charge in [0.25, 0.3) is 0 Å². The number of para-hydroxylation sites is 1. The van der Waals surface area contributed by atoms with Crippen LogP contribution in [0, 0.1) is 0 Å². The number of benzene rings is 2. The molecule has 0 saturated heterocycles. The van der Waals surface area contributed by atoms with Gasteiger partial charge in [0.1, 0.15) is 5.75 Å². The Morgan fingerprint density at radius 2 is 1.75 bits per heavy atom. The Morgan fingerprint density at radius 3 is 2.42 bits per heavy atom. The van der Waals surface area contributed by atoms with E-state index in [0.717, 1.165) is 15.8 Å². The summed E-state index contributed by atoms with van der Waals surface area (Å²) in [5.74, 6) is 0.540. The molecule has 0 saturated carbocycles. The van der Waals surface area contributed by atoms with Gasteiger partial charge in [-0.2, -0.15) is 0 Å². The predicted octanol–water partition coefficient (Wildman–Crippen LogP) is 4.30. The van der Waals surface area contributed by atoms with Crippen LogP contribution in [0.25, 0.3) is 0 Å². The van der Waals surface area contributed by atoms with Crippen LogP contribution >= 0.6 is 15.9 Å². The molecule has 0 heterocycles. The zero-order chi connectivity index (χ0) is 17.5. The summed E-state index contributed by atoms with van der Waals surface area (Å²) in [6, 6.07) is 14.5. The topological polar surface area (TPSA) is 55.4 Å². The minimum absolute atomic E-state index is 0.0393. The first kappa shape index (κ1) is 18.2. The fourth-order valence-corrected chi connectivity index (χ4v) is 2.69. The summed E-state index contributed by atoms with van der Waals surface area (Å²) >= 11 is 3.33. The van der Waals surface area contributed by atoms with Crippen LogP contribution in [-0.2, 0) is 4.79 Å². The molecular weight excluding hydrogens is 370 g/mol. The average Bonchev–Trinajstić information content (AvgIpc) is 2.60. The first-order chi connectivity index (χ1) is 11.5. The van der Waals surface area contributed by atoms with Crippen molar-refractivity contribution in [2.24, 2.45) is 0 Å². The number of hydrogen-bond acceptors (Lipinski definition) is 3. The molecule has 0 bridgehead atoms. The second-order valence-electron chi connectivity index (χ2n) is 5.46. The van der Waals surface area contributed by atoms with Crippen LogP contribution < -0.4 is 10.1 Å². The molecule has 1 unspecified atom stereocenters. The Balaban J connectivity index is 1.88. The van der Waals surface area contributed by atoms with Gasteiger partial charge in [-0.05, 0) is 25.1 Å². The SMILES string of the molecule is COc1ccccc1C(C)NC(=O)CCC(=O)c1ccc(Br)cc1. The molecule has 0 spiro atoms. The van der Waals surface area contributed by atoms with E-state index in [1.807, 2.05) is 43.3 Å².